The van der Waals surface area contributed by atoms with Crippen LogP contribution in [0.25, 0.3) is 0 Å². The van der Waals surface area contributed by atoms with Crippen molar-refractivity contribution in [3.8, 4) is 0 Å². The Kier molecular flexibility index (Phi) is 40.4. The second kappa shape index (κ2) is 46.9. The van der Waals surface area contributed by atoms with Gasteiger partial charge in [-0.3, -0.25) is 28.8 Å². The number of hydrogen-bond acceptors (Lipinski definition) is 13. The zero-order valence-electron chi connectivity index (χ0n) is 76.9. The van der Waals surface area contributed by atoms with E-state index in [0.29, 0.717) is 55.5 Å². The molecular weight excluding hydrogens is 1430 g/mol. The molecule has 0 aromatic heterocycles. The highest BCUT2D eigenvalue weighted by Gasteiger charge is 2.58. The lowest BCUT2D eigenvalue weighted by atomic mass is 9.76. The summed E-state index contributed by atoms with van der Waals surface area (Å²) in [6, 6.07) is 0. The van der Waals surface area contributed by atoms with Crippen LogP contribution in [0.1, 0.15) is 312 Å². The van der Waals surface area contributed by atoms with Crippen molar-refractivity contribution in [2.45, 2.75) is 336 Å². The van der Waals surface area contributed by atoms with Crippen molar-refractivity contribution in [2.75, 3.05) is 26.9 Å². The quantitative estimate of drug-likeness (QED) is 0.0509. The number of ether oxygens (including phenoxy) is 7. The number of methoxy groups -OCH3 is 1. The van der Waals surface area contributed by atoms with Crippen molar-refractivity contribution in [3.05, 3.63) is 75.4 Å². The lowest BCUT2D eigenvalue weighted by Gasteiger charge is -2.31. The molecule has 0 radical (unpaired) electrons. The SMILES string of the molecule is C=CC1CC2CC1C(C)C2C.C=CC1CCC(C)C(OC)C1.C=CCOC(=O)C(C)(C)CC.C=CCOC(=O)C(C)(C)CC.C=CCOC(=O)C(C)(C)CC.CC1C2CCC(C2)C1C.CCC(C)C(=O)OC1CC2CC1C1C=CCC21.CCC(C)C(=O)OC1CC2CC1C1CCCC21.CCC(C)C(=O)OC1CC2CC1C1CCCC21. The fourth-order valence-corrected chi connectivity index (χ4v) is 22.6. The molecular formula is C102H170O13. The summed E-state index contributed by atoms with van der Waals surface area (Å²) >= 11 is 0. The first-order valence-electron chi connectivity index (χ1n) is 46.9. The lowest BCUT2D eigenvalue weighted by molar-refractivity contribution is -0.158. The number of carbonyl (C=O) groups excluding carboxylic acids is 6. The van der Waals surface area contributed by atoms with Crippen LogP contribution in [0.15, 0.2) is 75.4 Å². The molecule has 115 heavy (non-hydrogen) atoms. The number of fused-ring (bicyclic) bond motifs is 19. The molecule has 14 aliphatic rings. The molecule has 0 amide bonds. The van der Waals surface area contributed by atoms with E-state index in [9.17, 15) is 28.8 Å². The van der Waals surface area contributed by atoms with Gasteiger partial charge in [0.25, 0.3) is 0 Å². The Morgan fingerprint density at radius 3 is 1.10 bits per heavy atom. The Bertz CT molecular complexity index is 2910. The van der Waals surface area contributed by atoms with Gasteiger partial charge < -0.3 is 33.2 Å². The Morgan fingerprint density at radius 2 is 0.765 bits per heavy atom. The molecule has 0 spiro atoms. The molecule has 0 N–H and O–H groups in total. The summed E-state index contributed by atoms with van der Waals surface area (Å²) in [7, 11) is 1.81. The molecule has 14 rings (SSSR count). The summed E-state index contributed by atoms with van der Waals surface area (Å²) in [5.41, 5.74) is -1.07. The second-order valence-electron chi connectivity index (χ2n) is 40.5. The van der Waals surface area contributed by atoms with Crippen LogP contribution in [0.4, 0.5) is 0 Å². The smallest absolute Gasteiger partial charge is 0.311 e. The van der Waals surface area contributed by atoms with Crippen molar-refractivity contribution in [1.82, 2.24) is 0 Å². The summed E-state index contributed by atoms with van der Waals surface area (Å²) < 4.78 is 37.3. The molecule has 0 heterocycles. The van der Waals surface area contributed by atoms with Gasteiger partial charge in [-0.2, -0.15) is 0 Å². The summed E-state index contributed by atoms with van der Waals surface area (Å²) in [6.45, 7) is 60.3. The molecule has 13 heteroatoms. The van der Waals surface area contributed by atoms with Crippen LogP contribution >= 0.6 is 0 Å². The van der Waals surface area contributed by atoms with Gasteiger partial charge in [0, 0.05) is 13.0 Å². The van der Waals surface area contributed by atoms with Crippen LogP contribution in [-0.2, 0) is 61.9 Å². The second-order valence-corrected chi connectivity index (χ2v) is 40.5. The third kappa shape index (κ3) is 26.4. The van der Waals surface area contributed by atoms with E-state index in [1.165, 1.54) is 109 Å². The van der Waals surface area contributed by atoms with Crippen LogP contribution in [0.5, 0.6) is 0 Å². The monoisotopic (exact) mass is 1600 g/mol. The van der Waals surface area contributed by atoms with Gasteiger partial charge in [0.2, 0.25) is 0 Å². The molecule has 14 aliphatic carbocycles. The molecule has 0 aliphatic heterocycles. The molecule has 30 atom stereocenters. The van der Waals surface area contributed by atoms with Gasteiger partial charge in [-0.1, -0.05) is 172 Å². The number of carbonyl (C=O) groups is 6. The van der Waals surface area contributed by atoms with Crippen molar-refractivity contribution >= 4 is 35.8 Å². The van der Waals surface area contributed by atoms with E-state index in [1.54, 1.807) is 24.6 Å². The fourth-order valence-electron chi connectivity index (χ4n) is 22.6. The van der Waals surface area contributed by atoms with Crippen LogP contribution in [0.3, 0.4) is 0 Å². The highest BCUT2D eigenvalue weighted by molar-refractivity contribution is 5.77. The maximum Gasteiger partial charge on any atom is 0.311 e. The number of esters is 6. The Labute approximate surface area is 702 Å². The maximum absolute atomic E-state index is 11.9. The number of allylic oxidation sites excluding steroid dienone is 4. The number of hydrogen-bond donors (Lipinski definition) is 0. The van der Waals surface area contributed by atoms with E-state index in [0.717, 1.165) is 164 Å². The standard InChI is InChI=1S/2C15H24O2.C15H22O2.C11H18.C10H18O.3C9H16O2.C9H16/c3*1-3-9(2)15(16)17-14-8-10-7-13(14)12-6-4-5-11(10)12;1-4-9-5-10-6-11(9)8(3)7(10)2;1-4-9-6-5-8(2)10(7-9)11-3;3*1-5-7-11-8(10)9(3,4)6-2;1-6-7(2)9-4-3-8(6)5-9/h2*9-14H,3-8H2,1-2H3;4,6,9-14H,3,5,7-8H2,1-2H3;4,7-11H,1,5-6H2,2-3H3;4,8-10H,1,5-7H2,2-3H3;3*5H,1,6-7H2,2-4H3;6-9H,3-5H2,1-2H3. The molecule has 13 saturated carbocycles. The van der Waals surface area contributed by atoms with Gasteiger partial charge in [0.1, 0.15) is 38.1 Å². The molecule has 13 fully saturated rings. The predicted octanol–water partition coefficient (Wildman–Crippen LogP) is 24.8. The van der Waals surface area contributed by atoms with E-state index in [1.807, 2.05) is 97.1 Å². The van der Waals surface area contributed by atoms with Gasteiger partial charge >= 0.3 is 35.8 Å². The normalized spacial score (nSPS) is 36.2. The lowest BCUT2D eigenvalue weighted by Crippen LogP contribution is -2.33. The largest absolute Gasteiger partial charge is 0.462 e. The third-order valence-corrected chi connectivity index (χ3v) is 32.7. The topological polar surface area (TPSA) is 167 Å². The van der Waals surface area contributed by atoms with E-state index in [4.69, 9.17) is 33.2 Å². The Balaban J connectivity index is 0.000000203. The first-order valence-corrected chi connectivity index (χ1v) is 46.9. The fraction of sp³-hybridized carbons (Fsp3) is 0.824. The summed E-state index contributed by atoms with van der Waals surface area (Å²) in [5, 5.41) is 0. The molecule has 656 valence electrons. The average Bonchev–Trinajstić information content (AvgIpc) is 1.61. The first-order chi connectivity index (χ1) is 54.5. The molecule has 0 aromatic rings. The zero-order chi connectivity index (χ0) is 85.4. The summed E-state index contributed by atoms with van der Waals surface area (Å²) in [4.78, 5) is 69.2. The van der Waals surface area contributed by atoms with E-state index in [-0.39, 0.29) is 88.1 Å². The van der Waals surface area contributed by atoms with Crippen molar-refractivity contribution < 1.29 is 61.9 Å². The van der Waals surface area contributed by atoms with Crippen LogP contribution in [-0.4, -0.2) is 87.2 Å². The number of rotatable bonds is 24. The van der Waals surface area contributed by atoms with E-state index >= 15 is 0 Å². The van der Waals surface area contributed by atoms with Crippen molar-refractivity contribution in [2.24, 2.45) is 170 Å². The van der Waals surface area contributed by atoms with Crippen LogP contribution in [0, 0.1) is 170 Å². The average molecular weight is 1600 g/mol. The van der Waals surface area contributed by atoms with Crippen molar-refractivity contribution in [1.29, 1.82) is 0 Å². The van der Waals surface area contributed by atoms with Crippen LogP contribution < -0.4 is 0 Å². The van der Waals surface area contributed by atoms with E-state index in [2.05, 4.69) is 106 Å². The maximum atomic E-state index is 11.9. The van der Waals surface area contributed by atoms with Gasteiger partial charge in [-0.25, -0.2) is 0 Å². The van der Waals surface area contributed by atoms with Gasteiger partial charge in [-0.15, -0.1) is 13.2 Å². The minimum Gasteiger partial charge on any atom is -0.462 e. The van der Waals surface area contributed by atoms with Crippen LogP contribution in [0.2, 0.25) is 0 Å². The molecule has 10 bridgehead atoms. The zero-order valence-corrected chi connectivity index (χ0v) is 76.9. The molecule has 0 aromatic carbocycles. The predicted molar refractivity (Wildman–Crippen MR) is 470 cm³/mol. The third-order valence-electron chi connectivity index (χ3n) is 32.7. The van der Waals surface area contributed by atoms with Gasteiger partial charge in [0.05, 0.1) is 40.1 Å². The first kappa shape index (κ1) is 99.0. The minimum absolute atomic E-state index is 0.0172. The molecule has 0 saturated heterocycles. The summed E-state index contributed by atoms with van der Waals surface area (Å²) in [6.07, 6.45) is 48.4. The Hall–Kier alpha value is -4.78. The minimum atomic E-state index is -0.358. The molecule has 30 unspecified atom stereocenters. The molecule has 13 nitrogen and oxygen atoms in total. The van der Waals surface area contributed by atoms with E-state index < -0.39 is 0 Å². The highest BCUT2D eigenvalue weighted by atomic mass is 16.6. The van der Waals surface area contributed by atoms with Gasteiger partial charge in [0.15, 0.2) is 0 Å². The summed E-state index contributed by atoms with van der Waals surface area (Å²) in [5.74, 6) is 20.3. The Morgan fingerprint density at radius 1 is 0.391 bits per heavy atom. The van der Waals surface area contributed by atoms with Crippen molar-refractivity contribution in [3.63, 3.8) is 0 Å². The highest BCUT2D eigenvalue weighted by Crippen LogP contribution is 2.62. The van der Waals surface area contributed by atoms with Gasteiger partial charge in [-0.05, 0) is 332 Å².